The van der Waals surface area contributed by atoms with Crippen LogP contribution in [0.15, 0.2) is 12.1 Å². The summed E-state index contributed by atoms with van der Waals surface area (Å²) < 4.78 is 30.8. The number of nitro groups is 1. The lowest BCUT2D eigenvalue weighted by Crippen LogP contribution is -2.29. The zero-order valence-corrected chi connectivity index (χ0v) is 12.3. The third-order valence-corrected chi connectivity index (χ3v) is 4.56. The number of hydrogen-bond donors (Lipinski definition) is 1. The Bertz CT molecular complexity index is 720. The monoisotopic (exact) mass is 335 g/mol. The summed E-state index contributed by atoms with van der Waals surface area (Å²) in [5.41, 5.74) is -0.120. The molecule has 0 radical (unpaired) electrons. The van der Waals surface area contributed by atoms with Crippen molar-refractivity contribution in [3.05, 3.63) is 32.8 Å². The average Bonchev–Trinajstić information content (AvgIpc) is 2.63. The maximum Gasteiger partial charge on any atom is 0.304 e. The smallest absolute Gasteiger partial charge is 0.304 e. The molecule has 0 unspecified atom stereocenters. The molecule has 1 amide bonds. The zero-order valence-electron chi connectivity index (χ0n) is 10.7. The quantitative estimate of drug-likeness (QED) is 0.629. The minimum atomic E-state index is -3.91. The molecule has 1 saturated heterocycles. The third-order valence-electron chi connectivity index (χ3n) is 2.76. The Kier molecular flexibility index (Phi) is 4.03. The van der Waals surface area contributed by atoms with E-state index in [1.807, 2.05) is 4.72 Å². The van der Waals surface area contributed by atoms with Gasteiger partial charge >= 0.3 is 10.2 Å². The average molecular weight is 336 g/mol. The van der Waals surface area contributed by atoms with Crippen LogP contribution in [0.5, 0.6) is 5.75 Å². The predicted molar refractivity (Wildman–Crippen MR) is 72.1 cm³/mol. The second-order valence-corrected chi connectivity index (χ2v) is 6.24. The molecule has 11 heteroatoms. The van der Waals surface area contributed by atoms with Crippen LogP contribution >= 0.6 is 11.6 Å². The van der Waals surface area contributed by atoms with Gasteiger partial charge in [0.25, 0.3) is 5.69 Å². The van der Waals surface area contributed by atoms with Crippen LogP contribution in [0, 0.1) is 10.1 Å². The third kappa shape index (κ3) is 3.06. The number of methoxy groups -OCH3 is 1. The van der Waals surface area contributed by atoms with E-state index in [1.165, 1.54) is 13.2 Å². The minimum absolute atomic E-state index is 0.0525. The van der Waals surface area contributed by atoms with Gasteiger partial charge in [0, 0.05) is 12.6 Å². The highest BCUT2D eigenvalue weighted by molar-refractivity contribution is 7.88. The van der Waals surface area contributed by atoms with Crippen molar-refractivity contribution in [3.8, 4) is 5.75 Å². The van der Waals surface area contributed by atoms with Gasteiger partial charge in [-0.05, 0) is 11.6 Å². The first-order chi connectivity index (χ1) is 9.74. The lowest BCUT2D eigenvalue weighted by Gasteiger charge is -2.13. The molecule has 1 heterocycles. The summed E-state index contributed by atoms with van der Waals surface area (Å²) in [4.78, 5) is 21.4. The molecule has 114 valence electrons. The lowest BCUT2D eigenvalue weighted by molar-refractivity contribution is -0.384. The summed E-state index contributed by atoms with van der Waals surface area (Å²) in [5.74, 6) is -0.609. The molecule has 1 aromatic rings. The number of nitrogens with zero attached hydrogens (tertiary/aromatic N) is 2. The minimum Gasteiger partial charge on any atom is -0.495 e. The number of amides is 1. The van der Waals surface area contributed by atoms with Crippen LogP contribution in [0.3, 0.4) is 0 Å². The van der Waals surface area contributed by atoms with Gasteiger partial charge in [-0.3, -0.25) is 14.9 Å². The van der Waals surface area contributed by atoms with E-state index in [0.29, 0.717) is 0 Å². The fourth-order valence-electron chi connectivity index (χ4n) is 1.84. The Hall–Kier alpha value is -1.91. The fraction of sp³-hybridized carbons (Fsp3) is 0.300. The van der Waals surface area contributed by atoms with Crippen LogP contribution in [-0.4, -0.2) is 37.2 Å². The molecule has 0 bridgehead atoms. The van der Waals surface area contributed by atoms with Gasteiger partial charge in [-0.2, -0.15) is 12.7 Å². The maximum atomic E-state index is 11.6. The van der Waals surface area contributed by atoms with Crippen molar-refractivity contribution >= 4 is 33.4 Å². The largest absolute Gasteiger partial charge is 0.495 e. The number of halogens is 1. The summed E-state index contributed by atoms with van der Waals surface area (Å²) in [6.07, 6.45) is 0. The SMILES string of the molecule is COc1cc(CN2CC(=O)NS2(=O)=O)cc([N+](=O)[O-])c1Cl. The first kappa shape index (κ1) is 15.5. The van der Waals surface area contributed by atoms with Crippen molar-refractivity contribution in [3.63, 3.8) is 0 Å². The van der Waals surface area contributed by atoms with Gasteiger partial charge < -0.3 is 4.74 Å². The highest BCUT2D eigenvalue weighted by Crippen LogP contribution is 2.35. The first-order valence-electron chi connectivity index (χ1n) is 5.56. The summed E-state index contributed by atoms with van der Waals surface area (Å²) in [7, 11) is -2.62. The lowest BCUT2D eigenvalue weighted by atomic mass is 10.2. The van der Waals surface area contributed by atoms with Gasteiger partial charge in [0.2, 0.25) is 5.91 Å². The van der Waals surface area contributed by atoms with Gasteiger partial charge in [0.15, 0.2) is 5.02 Å². The zero-order chi connectivity index (χ0) is 15.8. The molecule has 21 heavy (non-hydrogen) atoms. The molecular formula is C10H10ClN3O6S. The van der Waals surface area contributed by atoms with Crippen LogP contribution in [0.1, 0.15) is 5.56 Å². The van der Waals surface area contributed by atoms with Crippen LogP contribution < -0.4 is 9.46 Å². The van der Waals surface area contributed by atoms with Crippen molar-refractivity contribution in [1.82, 2.24) is 9.03 Å². The fourth-order valence-corrected chi connectivity index (χ4v) is 3.18. The number of benzene rings is 1. The van der Waals surface area contributed by atoms with E-state index in [4.69, 9.17) is 16.3 Å². The van der Waals surface area contributed by atoms with E-state index in [1.54, 1.807) is 0 Å². The molecule has 1 fully saturated rings. The molecule has 0 spiro atoms. The number of nitrogens with one attached hydrogen (secondary N) is 1. The van der Waals surface area contributed by atoms with Crippen LogP contribution in [0.2, 0.25) is 5.02 Å². The Labute approximate surface area is 124 Å². The van der Waals surface area contributed by atoms with Crippen LogP contribution in [0.4, 0.5) is 5.69 Å². The number of rotatable bonds is 4. The molecular weight excluding hydrogens is 326 g/mol. The molecule has 1 aromatic carbocycles. The maximum absolute atomic E-state index is 11.6. The van der Waals surface area contributed by atoms with E-state index >= 15 is 0 Å². The summed E-state index contributed by atoms with van der Waals surface area (Å²) in [6.45, 7) is -0.559. The molecule has 2 rings (SSSR count). The van der Waals surface area contributed by atoms with E-state index in [2.05, 4.69) is 0 Å². The number of hydrogen-bond acceptors (Lipinski definition) is 6. The molecule has 0 saturated carbocycles. The van der Waals surface area contributed by atoms with E-state index in [9.17, 15) is 23.3 Å². The summed E-state index contributed by atoms with van der Waals surface area (Å²) in [6, 6.07) is 2.52. The van der Waals surface area contributed by atoms with Gasteiger partial charge in [-0.25, -0.2) is 4.72 Å². The van der Waals surface area contributed by atoms with Gasteiger partial charge in [0.05, 0.1) is 18.6 Å². The predicted octanol–water partition coefficient (Wildman–Crippen LogP) is 0.433. The summed E-state index contributed by atoms with van der Waals surface area (Å²) >= 11 is 5.81. The normalized spacial score (nSPS) is 17.5. The molecule has 0 aromatic heterocycles. The van der Waals surface area contributed by atoms with E-state index < -0.39 is 26.7 Å². The van der Waals surface area contributed by atoms with Crippen molar-refractivity contribution in [2.75, 3.05) is 13.7 Å². The van der Waals surface area contributed by atoms with E-state index in [0.717, 1.165) is 10.4 Å². The highest BCUT2D eigenvalue weighted by Gasteiger charge is 2.34. The topological polar surface area (TPSA) is 119 Å². The molecule has 1 N–H and O–H groups in total. The van der Waals surface area contributed by atoms with Gasteiger partial charge in [-0.15, -0.1) is 0 Å². The van der Waals surface area contributed by atoms with Gasteiger partial charge in [-0.1, -0.05) is 11.6 Å². The number of nitro benzene ring substituents is 1. The Balaban J connectivity index is 2.39. The molecule has 9 nitrogen and oxygen atoms in total. The van der Waals surface area contributed by atoms with Crippen molar-refractivity contribution in [2.45, 2.75) is 6.54 Å². The Morgan fingerprint density at radius 2 is 2.19 bits per heavy atom. The molecule has 0 atom stereocenters. The Morgan fingerprint density at radius 3 is 2.67 bits per heavy atom. The van der Waals surface area contributed by atoms with Crippen molar-refractivity contribution < 1.29 is 22.9 Å². The first-order valence-corrected chi connectivity index (χ1v) is 7.38. The number of carbonyl (C=O) groups excluding carboxylic acids is 1. The summed E-state index contributed by atoms with van der Waals surface area (Å²) in [5, 5.41) is 10.7. The second-order valence-electron chi connectivity index (χ2n) is 4.19. The Morgan fingerprint density at radius 1 is 1.52 bits per heavy atom. The molecule has 1 aliphatic rings. The number of carbonyl (C=O) groups is 1. The molecule has 1 aliphatic heterocycles. The van der Waals surface area contributed by atoms with Crippen LogP contribution in [0.25, 0.3) is 0 Å². The molecule has 0 aliphatic carbocycles. The van der Waals surface area contributed by atoms with Crippen LogP contribution in [-0.2, 0) is 21.5 Å². The van der Waals surface area contributed by atoms with Gasteiger partial charge in [0.1, 0.15) is 5.75 Å². The second kappa shape index (κ2) is 5.47. The number of ether oxygens (including phenoxy) is 1. The van der Waals surface area contributed by atoms with Crippen molar-refractivity contribution in [1.29, 1.82) is 0 Å². The highest BCUT2D eigenvalue weighted by atomic mass is 35.5. The standard InChI is InChI=1S/C10H10ClN3O6S/c1-20-8-3-6(2-7(10(8)11)14(16)17)4-13-5-9(15)12-21(13,18)19/h2-3H,4-5H2,1H3,(H,12,15). The van der Waals surface area contributed by atoms with Crippen molar-refractivity contribution in [2.24, 2.45) is 0 Å². The van der Waals surface area contributed by atoms with E-state index in [-0.39, 0.29) is 29.4 Å².